The van der Waals surface area contributed by atoms with Gasteiger partial charge in [0.05, 0.1) is 0 Å². The standard InChI is InChI=1S/C18H17N5O3/c24-16(12-26-18-21-20-15-4-1-2-10-23(15)18)19-13-6-8-14(9-7-13)22-11-3-5-17(22)25/h1-2,4,6-10H,3,5,11-12H2,(H,19,24). The summed E-state index contributed by atoms with van der Waals surface area (Å²) in [6, 6.07) is 12.9. The van der Waals surface area contributed by atoms with Crippen molar-refractivity contribution in [3.05, 3.63) is 48.7 Å². The molecule has 132 valence electrons. The number of nitrogens with zero attached hydrogens (tertiary/aromatic N) is 4. The molecule has 8 nitrogen and oxygen atoms in total. The van der Waals surface area contributed by atoms with Crippen LogP contribution in [0.4, 0.5) is 11.4 Å². The van der Waals surface area contributed by atoms with E-state index in [1.54, 1.807) is 33.7 Å². The minimum Gasteiger partial charge on any atom is -0.453 e. The Bertz CT molecular complexity index is 951. The first kappa shape index (κ1) is 16.1. The maximum atomic E-state index is 12.1. The van der Waals surface area contributed by atoms with Crippen molar-refractivity contribution in [2.75, 3.05) is 23.4 Å². The minimum atomic E-state index is -0.303. The van der Waals surface area contributed by atoms with E-state index >= 15 is 0 Å². The lowest BCUT2D eigenvalue weighted by Crippen LogP contribution is -2.24. The Labute approximate surface area is 149 Å². The zero-order chi connectivity index (χ0) is 17.9. The summed E-state index contributed by atoms with van der Waals surface area (Å²) in [6.07, 6.45) is 3.24. The highest BCUT2D eigenvalue weighted by molar-refractivity contribution is 5.96. The van der Waals surface area contributed by atoms with Crippen molar-refractivity contribution in [2.24, 2.45) is 0 Å². The summed E-state index contributed by atoms with van der Waals surface area (Å²) < 4.78 is 7.10. The van der Waals surface area contributed by atoms with E-state index in [1.807, 2.05) is 24.3 Å². The van der Waals surface area contributed by atoms with E-state index in [1.165, 1.54) is 0 Å². The van der Waals surface area contributed by atoms with Crippen LogP contribution in [-0.2, 0) is 9.59 Å². The van der Waals surface area contributed by atoms with E-state index in [0.29, 0.717) is 17.8 Å². The summed E-state index contributed by atoms with van der Waals surface area (Å²) in [5.41, 5.74) is 2.13. The molecule has 0 spiro atoms. The number of nitrogens with one attached hydrogen (secondary N) is 1. The van der Waals surface area contributed by atoms with Gasteiger partial charge in [-0.05, 0) is 42.8 Å². The molecular weight excluding hydrogens is 334 g/mol. The highest BCUT2D eigenvalue weighted by Gasteiger charge is 2.21. The number of carbonyl (C=O) groups excluding carboxylic acids is 2. The molecule has 3 heterocycles. The van der Waals surface area contributed by atoms with Crippen molar-refractivity contribution in [1.82, 2.24) is 14.6 Å². The van der Waals surface area contributed by atoms with Crippen molar-refractivity contribution in [3.8, 4) is 6.01 Å². The molecule has 0 bridgehead atoms. The number of amides is 2. The fourth-order valence-electron chi connectivity index (χ4n) is 2.89. The topological polar surface area (TPSA) is 88.8 Å². The molecule has 0 saturated carbocycles. The fourth-order valence-corrected chi connectivity index (χ4v) is 2.89. The van der Waals surface area contributed by atoms with E-state index in [9.17, 15) is 9.59 Å². The van der Waals surface area contributed by atoms with Crippen LogP contribution in [0.15, 0.2) is 48.7 Å². The molecule has 0 atom stereocenters. The summed E-state index contributed by atoms with van der Waals surface area (Å²) >= 11 is 0. The first-order valence-corrected chi connectivity index (χ1v) is 8.33. The zero-order valence-electron chi connectivity index (χ0n) is 14.0. The molecule has 1 aliphatic rings. The molecule has 0 unspecified atom stereocenters. The van der Waals surface area contributed by atoms with Crippen molar-refractivity contribution in [1.29, 1.82) is 0 Å². The SMILES string of the molecule is O=C(COc1nnc2ccccn12)Nc1ccc(N2CCCC2=O)cc1. The van der Waals surface area contributed by atoms with Crippen LogP contribution in [0.2, 0.25) is 0 Å². The van der Waals surface area contributed by atoms with Crippen LogP contribution in [0.25, 0.3) is 5.65 Å². The Morgan fingerprint density at radius 1 is 1.15 bits per heavy atom. The number of rotatable bonds is 5. The molecule has 26 heavy (non-hydrogen) atoms. The monoisotopic (exact) mass is 351 g/mol. The van der Waals surface area contributed by atoms with Crippen LogP contribution in [0.1, 0.15) is 12.8 Å². The van der Waals surface area contributed by atoms with Crippen LogP contribution in [0.3, 0.4) is 0 Å². The smallest absolute Gasteiger partial charge is 0.322 e. The zero-order valence-corrected chi connectivity index (χ0v) is 14.0. The molecule has 1 saturated heterocycles. The number of benzene rings is 1. The first-order chi connectivity index (χ1) is 12.7. The number of hydrogen-bond donors (Lipinski definition) is 1. The number of anilines is 2. The van der Waals surface area contributed by atoms with Gasteiger partial charge in [0.2, 0.25) is 5.91 Å². The van der Waals surface area contributed by atoms with Crippen molar-refractivity contribution in [2.45, 2.75) is 12.8 Å². The maximum Gasteiger partial charge on any atom is 0.322 e. The summed E-state index contributed by atoms with van der Waals surface area (Å²) in [7, 11) is 0. The number of hydrogen-bond acceptors (Lipinski definition) is 5. The molecule has 2 aromatic heterocycles. The van der Waals surface area contributed by atoms with Gasteiger partial charge in [-0.3, -0.25) is 14.0 Å². The van der Waals surface area contributed by atoms with Gasteiger partial charge in [0.25, 0.3) is 5.91 Å². The van der Waals surface area contributed by atoms with Gasteiger partial charge in [-0.15, -0.1) is 5.10 Å². The van der Waals surface area contributed by atoms with Gasteiger partial charge >= 0.3 is 6.01 Å². The van der Waals surface area contributed by atoms with Gasteiger partial charge < -0.3 is 15.0 Å². The average Bonchev–Trinajstić information content (AvgIpc) is 3.27. The number of fused-ring (bicyclic) bond motifs is 1. The van der Waals surface area contributed by atoms with Crippen molar-refractivity contribution < 1.29 is 14.3 Å². The summed E-state index contributed by atoms with van der Waals surface area (Å²) in [5, 5.41) is 10.6. The maximum absolute atomic E-state index is 12.1. The van der Waals surface area contributed by atoms with E-state index in [2.05, 4.69) is 15.5 Å². The second kappa shape index (κ2) is 6.83. The van der Waals surface area contributed by atoms with E-state index in [0.717, 1.165) is 18.7 Å². The molecule has 0 aliphatic carbocycles. The highest BCUT2D eigenvalue weighted by atomic mass is 16.5. The van der Waals surface area contributed by atoms with Crippen molar-refractivity contribution in [3.63, 3.8) is 0 Å². The lowest BCUT2D eigenvalue weighted by Gasteiger charge is -2.16. The molecule has 4 rings (SSSR count). The lowest BCUT2D eigenvalue weighted by molar-refractivity contribution is -0.118. The number of ether oxygens (including phenoxy) is 1. The van der Waals surface area contributed by atoms with Crippen molar-refractivity contribution >= 4 is 28.8 Å². The molecule has 2 amide bonds. The summed E-state index contributed by atoms with van der Waals surface area (Å²) in [4.78, 5) is 25.6. The quantitative estimate of drug-likeness (QED) is 0.758. The van der Waals surface area contributed by atoms with Gasteiger partial charge in [0.1, 0.15) is 0 Å². The third-order valence-corrected chi connectivity index (χ3v) is 4.15. The minimum absolute atomic E-state index is 0.135. The fraction of sp³-hybridized carbons (Fsp3) is 0.222. The van der Waals surface area contributed by atoms with Gasteiger partial charge in [0.15, 0.2) is 12.3 Å². The normalized spacial score (nSPS) is 14.0. The van der Waals surface area contributed by atoms with Crippen LogP contribution in [0.5, 0.6) is 6.01 Å². The Morgan fingerprint density at radius 2 is 2.00 bits per heavy atom. The third-order valence-electron chi connectivity index (χ3n) is 4.15. The van der Waals surface area contributed by atoms with Crippen LogP contribution in [0, 0.1) is 0 Å². The van der Waals surface area contributed by atoms with Gasteiger partial charge in [0, 0.05) is 30.5 Å². The number of carbonyl (C=O) groups is 2. The second-order valence-corrected chi connectivity index (χ2v) is 5.94. The van der Waals surface area contributed by atoms with Gasteiger partial charge in [-0.2, -0.15) is 0 Å². The molecule has 3 aromatic rings. The molecule has 8 heteroatoms. The van der Waals surface area contributed by atoms with Gasteiger partial charge in [-0.1, -0.05) is 11.2 Å². The van der Waals surface area contributed by atoms with Crippen LogP contribution >= 0.6 is 0 Å². The third kappa shape index (κ3) is 3.21. The predicted molar refractivity (Wildman–Crippen MR) is 95.1 cm³/mol. The van der Waals surface area contributed by atoms with Crippen LogP contribution in [-0.4, -0.2) is 39.6 Å². The Balaban J connectivity index is 1.35. The molecule has 1 aliphatic heterocycles. The molecule has 0 radical (unpaired) electrons. The number of aromatic nitrogens is 3. The highest BCUT2D eigenvalue weighted by Crippen LogP contribution is 2.23. The second-order valence-electron chi connectivity index (χ2n) is 5.94. The lowest BCUT2D eigenvalue weighted by atomic mass is 10.2. The summed E-state index contributed by atoms with van der Waals surface area (Å²) in [6.45, 7) is 0.562. The average molecular weight is 351 g/mol. The molecular formula is C18H17N5O3. The Morgan fingerprint density at radius 3 is 2.77 bits per heavy atom. The molecule has 1 fully saturated rings. The largest absolute Gasteiger partial charge is 0.453 e. The Kier molecular flexibility index (Phi) is 4.22. The predicted octanol–water partition coefficient (Wildman–Crippen LogP) is 1.87. The molecule has 1 aromatic carbocycles. The van der Waals surface area contributed by atoms with Crippen LogP contribution < -0.4 is 15.0 Å². The number of pyridine rings is 1. The first-order valence-electron chi connectivity index (χ1n) is 8.33. The van der Waals surface area contributed by atoms with Gasteiger partial charge in [-0.25, -0.2) is 0 Å². The Hall–Kier alpha value is -3.42. The molecule has 1 N–H and O–H groups in total. The summed E-state index contributed by atoms with van der Waals surface area (Å²) in [5.74, 6) is -0.168. The van der Waals surface area contributed by atoms with E-state index in [-0.39, 0.29) is 24.4 Å². The van der Waals surface area contributed by atoms with E-state index < -0.39 is 0 Å². The van der Waals surface area contributed by atoms with E-state index in [4.69, 9.17) is 4.74 Å².